The lowest BCUT2D eigenvalue weighted by molar-refractivity contribution is -0.386. The van der Waals surface area contributed by atoms with Gasteiger partial charge in [0.15, 0.2) is 0 Å². The van der Waals surface area contributed by atoms with Crippen molar-refractivity contribution in [3.63, 3.8) is 0 Å². The summed E-state index contributed by atoms with van der Waals surface area (Å²) in [7, 11) is 0. The monoisotopic (exact) mass is 276 g/mol. The third kappa shape index (κ3) is 2.53. The molecule has 1 aliphatic rings. The number of carbonyl (C=O) groups excluding carboxylic acids is 1. The van der Waals surface area contributed by atoms with Gasteiger partial charge in [-0.15, -0.1) is 0 Å². The highest BCUT2D eigenvalue weighted by molar-refractivity contribution is 5.95. The number of nitrogens with two attached hydrogens (primary N) is 1. The van der Waals surface area contributed by atoms with Crippen LogP contribution in [-0.4, -0.2) is 10.8 Å². The number of rotatable bonds is 3. The summed E-state index contributed by atoms with van der Waals surface area (Å²) in [4.78, 5) is 22.6. The molecule has 2 N–H and O–H groups in total. The van der Waals surface area contributed by atoms with E-state index < -0.39 is 5.91 Å². The van der Waals surface area contributed by atoms with Gasteiger partial charge in [-0.25, -0.2) is 0 Å². The lowest BCUT2D eigenvalue weighted by atomic mass is 9.81. The van der Waals surface area contributed by atoms with Crippen LogP contribution in [0.1, 0.15) is 65.1 Å². The number of nitro groups is 1. The number of benzene rings is 1. The fourth-order valence-electron chi connectivity index (χ4n) is 3.15. The molecule has 108 valence electrons. The summed E-state index contributed by atoms with van der Waals surface area (Å²) in [5.74, 6) is -0.348. The average Bonchev–Trinajstić information content (AvgIpc) is 2.41. The summed E-state index contributed by atoms with van der Waals surface area (Å²) >= 11 is 0. The fourth-order valence-corrected chi connectivity index (χ4v) is 3.15. The second-order valence-electron chi connectivity index (χ2n) is 5.57. The maximum Gasteiger partial charge on any atom is 0.276 e. The van der Waals surface area contributed by atoms with Crippen molar-refractivity contribution >= 4 is 11.6 Å². The zero-order valence-corrected chi connectivity index (χ0v) is 11.9. The van der Waals surface area contributed by atoms with Gasteiger partial charge in [0.1, 0.15) is 0 Å². The molecule has 0 unspecified atom stereocenters. The van der Waals surface area contributed by atoms with E-state index >= 15 is 0 Å². The van der Waals surface area contributed by atoms with Gasteiger partial charge >= 0.3 is 0 Å². The molecule has 1 fully saturated rings. The van der Waals surface area contributed by atoms with Crippen LogP contribution in [-0.2, 0) is 0 Å². The zero-order valence-electron chi connectivity index (χ0n) is 11.9. The Labute approximate surface area is 118 Å². The molecule has 0 saturated heterocycles. The second-order valence-corrected chi connectivity index (χ2v) is 5.57. The van der Waals surface area contributed by atoms with Crippen molar-refractivity contribution in [2.24, 2.45) is 5.73 Å². The number of primary amides is 1. The minimum atomic E-state index is -0.516. The summed E-state index contributed by atoms with van der Waals surface area (Å²) in [6, 6.07) is 1.65. The Bertz CT molecular complexity index is 561. The third-order valence-corrected chi connectivity index (χ3v) is 4.39. The van der Waals surface area contributed by atoms with E-state index in [1.165, 1.54) is 6.42 Å². The van der Waals surface area contributed by atoms with Crippen molar-refractivity contribution in [1.29, 1.82) is 0 Å². The maximum absolute atomic E-state index is 11.5. The van der Waals surface area contributed by atoms with Crippen LogP contribution in [0.4, 0.5) is 5.69 Å². The van der Waals surface area contributed by atoms with E-state index in [4.69, 9.17) is 5.73 Å². The first-order chi connectivity index (χ1) is 9.43. The topological polar surface area (TPSA) is 86.2 Å². The molecule has 1 aliphatic carbocycles. The van der Waals surface area contributed by atoms with E-state index in [0.29, 0.717) is 22.3 Å². The second kappa shape index (κ2) is 5.61. The Morgan fingerprint density at radius 2 is 1.85 bits per heavy atom. The molecule has 1 aromatic rings. The van der Waals surface area contributed by atoms with Gasteiger partial charge in [-0.05, 0) is 44.2 Å². The Kier molecular flexibility index (Phi) is 4.06. The SMILES string of the molecule is Cc1c(C(N)=O)cc(C2CCCCC2)c([N+](=O)[O-])c1C. The van der Waals surface area contributed by atoms with Gasteiger partial charge < -0.3 is 5.73 Å². The molecular formula is C15H20N2O3. The first kappa shape index (κ1) is 14.5. The van der Waals surface area contributed by atoms with Gasteiger partial charge in [0.2, 0.25) is 5.91 Å². The molecule has 0 aliphatic heterocycles. The summed E-state index contributed by atoms with van der Waals surface area (Å²) in [5, 5.41) is 11.4. The molecular weight excluding hydrogens is 256 g/mol. The lowest BCUT2D eigenvalue weighted by Crippen LogP contribution is -2.17. The van der Waals surface area contributed by atoms with Crippen molar-refractivity contribution in [1.82, 2.24) is 0 Å². The van der Waals surface area contributed by atoms with Crippen molar-refractivity contribution in [3.05, 3.63) is 38.4 Å². The predicted octanol–water partition coefficient (Wildman–Crippen LogP) is 3.36. The molecule has 20 heavy (non-hydrogen) atoms. The Morgan fingerprint density at radius 3 is 2.35 bits per heavy atom. The molecule has 0 aromatic heterocycles. The quantitative estimate of drug-likeness (QED) is 0.678. The van der Waals surface area contributed by atoms with Crippen LogP contribution in [0.5, 0.6) is 0 Å². The number of nitro benzene ring substituents is 1. The molecule has 0 bridgehead atoms. The van der Waals surface area contributed by atoms with Crippen LogP contribution in [0.25, 0.3) is 0 Å². The molecule has 1 amide bonds. The normalized spacial score (nSPS) is 16.1. The summed E-state index contributed by atoms with van der Waals surface area (Å²) in [6.07, 6.45) is 5.24. The highest BCUT2D eigenvalue weighted by atomic mass is 16.6. The van der Waals surface area contributed by atoms with Crippen molar-refractivity contribution in [2.45, 2.75) is 51.9 Å². The van der Waals surface area contributed by atoms with Gasteiger partial charge in [-0.2, -0.15) is 0 Å². The van der Waals surface area contributed by atoms with E-state index in [1.54, 1.807) is 19.9 Å². The molecule has 5 heteroatoms. The van der Waals surface area contributed by atoms with Crippen LogP contribution in [0.15, 0.2) is 6.07 Å². The smallest absolute Gasteiger partial charge is 0.276 e. The summed E-state index contributed by atoms with van der Waals surface area (Å²) in [5.41, 5.74) is 7.84. The fraction of sp³-hybridized carbons (Fsp3) is 0.533. The van der Waals surface area contributed by atoms with Crippen LogP contribution < -0.4 is 5.73 Å². The lowest BCUT2D eigenvalue weighted by Gasteiger charge is -2.23. The Morgan fingerprint density at radius 1 is 1.25 bits per heavy atom. The zero-order chi connectivity index (χ0) is 14.9. The Hall–Kier alpha value is -1.91. The van der Waals surface area contributed by atoms with Crippen LogP contribution >= 0.6 is 0 Å². The number of nitrogens with zero attached hydrogens (tertiary/aromatic N) is 1. The molecule has 0 radical (unpaired) electrons. The molecule has 2 rings (SSSR count). The van der Waals surface area contributed by atoms with Gasteiger partial charge in [-0.3, -0.25) is 14.9 Å². The number of carbonyl (C=O) groups is 1. The van der Waals surface area contributed by atoms with Crippen LogP contribution in [0, 0.1) is 24.0 Å². The van der Waals surface area contributed by atoms with E-state index in [9.17, 15) is 14.9 Å². The van der Waals surface area contributed by atoms with E-state index in [0.717, 1.165) is 25.7 Å². The standard InChI is InChI=1S/C15H20N2O3/c1-9-10(2)14(17(19)20)13(8-12(9)15(16)18)11-6-4-3-5-7-11/h8,11H,3-7H2,1-2H3,(H2,16,18). The Balaban J connectivity index is 2.62. The van der Waals surface area contributed by atoms with E-state index in [1.807, 2.05) is 0 Å². The van der Waals surface area contributed by atoms with Crippen LogP contribution in [0.2, 0.25) is 0 Å². The van der Waals surface area contributed by atoms with Crippen molar-refractivity contribution in [2.75, 3.05) is 0 Å². The molecule has 0 atom stereocenters. The first-order valence-corrected chi connectivity index (χ1v) is 7.01. The third-order valence-electron chi connectivity index (χ3n) is 4.39. The predicted molar refractivity (Wildman–Crippen MR) is 76.9 cm³/mol. The van der Waals surface area contributed by atoms with Gasteiger partial charge in [0.05, 0.1) is 4.92 Å². The van der Waals surface area contributed by atoms with Crippen LogP contribution in [0.3, 0.4) is 0 Å². The number of hydrogen-bond acceptors (Lipinski definition) is 3. The molecule has 0 spiro atoms. The summed E-state index contributed by atoms with van der Waals surface area (Å²) < 4.78 is 0. The largest absolute Gasteiger partial charge is 0.366 e. The van der Waals surface area contributed by atoms with Crippen molar-refractivity contribution in [3.8, 4) is 0 Å². The van der Waals surface area contributed by atoms with E-state index in [2.05, 4.69) is 0 Å². The molecule has 5 nitrogen and oxygen atoms in total. The van der Waals surface area contributed by atoms with Gasteiger partial charge in [0, 0.05) is 16.7 Å². The first-order valence-electron chi connectivity index (χ1n) is 7.01. The minimum Gasteiger partial charge on any atom is -0.366 e. The molecule has 0 heterocycles. The number of hydrogen-bond donors (Lipinski definition) is 1. The highest BCUT2D eigenvalue weighted by Gasteiger charge is 2.29. The van der Waals surface area contributed by atoms with Crippen molar-refractivity contribution < 1.29 is 9.72 Å². The number of amides is 1. The van der Waals surface area contributed by atoms with E-state index in [-0.39, 0.29) is 16.5 Å². The van der Waals surface area contributed by atoms with Gasteiger partial charge in [-0.1, -0.05) is 19.3 Å². The average molecular weight is 276 g/mol. The minimum absolute atomic E-state index is 0.166. The highest BCUT2D eigenvalue weighted by Crippen LogP contribution is 2.40. The summed E-state index contributed by atoms with van der Waals surface area (Å²) in [6.45, 7) is 3.42. The molecule has 1 saturated carbocycles. The maximum atomic E-state index is 11.5. The van der Waals surface area contributed by atoms with Gasteiger partial charge in [0.25, 0.3) is 5.69 Å². The molecule has 1 aromatic carbocycles.